The van der Waals surface area contributed by atoms with Crippen LogP contribution in [0.3, 0.4) is 0 Å². The van der Waals surface area contributed by atoms with Gasteiger partial charge in [-0.05, 0) is 51.1 Å². The number of benzene rings is 1. The summed E-state index contributed by atoms with van der Waals surface area (Å²) in [5, 5.41) is 10.2. The fourth-order valence-electron chi connectivity index (χ4n) is 5.95. The molecule has 10 heteroatoms. The van der Waals surface area contributed by atoms with Gasteiger partial charge in [-0.1, -0.05) is 36.4 Å². The second-order valence-corrected chi connectivity index (χ2v) is 11.1. The van der Waals surface area contributed by atoms with Crippen molar-refractivity contribution in [2.75, 3.05) is 44.7 Å². The first-order valence-electron chi connectivity index (χ1n) is 13.7. The van der Waals surface area contributed by atoms with E-state index in [2.05, 4.69) is 47.4 Å². The van der Waals surface area contributed by atoms with Crippen LogP contribution in [-0.4, -0.2) is 82.5 Å². The molecule has 0 saturated carbocycles. The van der Waals surface area contributed by atoms with Gasteiger partial charge in [-0.2, -0.15) is 15.2 Å². The maximum absolute atomic E-state index is 12.5. The third-order valence-electron chi connectivity index (χ3n) is 8.31. The second kappa shape index (κ2) is 11.9. The molecule has 0 spiro atoms. The summed E-state index contributed by atoms with van der Waals surface area (Å²) >= 11 is 6.55. The Morgan fingerprint density at radius 3 is 2.79 bits per heavy atom. The van der Waals surface area contributed by atoms with E-state index in [1.54, 1.807) is 4.90 Å². The lowest BCUT2D eigenvalue weighted by atomic mass is 10.1. The van der Waals surface area contributed by atoms with E-state index in [1.807, 2.05) is 18.2 Å². The quantitative estimate of drug-likeness (QED) is 0.459. The molecule has 3 aliphatic rings. The molecule has 0 aliphatic carbocycles. The van der Waals surface area contributed by atoms with Crippen molar-refractivity contribution < 1.29 is 9.53 Å². The number of amides is 1. The highest BCUT2D eigenvalue weighted by atomic mass is 35.5. The van der Waals surface area contributed by atoms with E-state index in [-0.39, 0.29) is 24.4 Å². The average Bonchev–Trinajstić information content (AvgIpc) is 3.57. The van der Waals surface area contributed by atoms with Crippen molar-refractivity contribution in [3.8, 4) is 12.1 Å². The Morgan fingerprint density at radius 2 is 2.08 bits per heavy atom. The molecule has 39 heavy (non-hydrogen) atoms. The van der Waals surface area contributed by atoms with Gasteiger partial charge in [0.2, 0.25) is 5.91 Å². The molecular weight excluding hydrogens is 514 g/mol. The van der Waals surface area contributed by atoms with Crippen LogP contribution in [0.4, 0.5) is 5.82 Å². The molecule has 5 rings (SSSR count). The predicted molar refractivity (Wildman–Crippen MR) is 150 cm³/mol. The van der Waals surface area contributed by atoms with Gasteiger partial charge < -0.3 is 19.4 Å². The van der Waals surface area contributed by atoms with Gasteiger partial charge in [-0.3, -0.25) is 9.69 Å². The minimum atomic E-state index is -0.240. The summed E-state index contributed by atoms with van der Waals surface area (Å²) < 4.78 is 6.21. The zero-order valence-corrected chi connectivity index (χ0v) is 23.5. The van der Waals surface area contributed by atoms with E-state index in [0.717, 1.165) is 40.6 Å². The van der Waals surface area contributed by atoms with Crippen molar-refractivity contribution in [2.24, 2.45) is 0 Å². The molecule has 1 aromatic carbocycles. The van der Waals surface area contributed by atoms with Gasteiger partial charge in [0.25, 0.3) is 0 Å². The SMILES string of the molecule is C=CC(=O)N1CCN(c2nc(OC[C@@H]3CCCN3C)nc3c2CN(C(C)c2ccccc2Cl)C3)C[C@@H]1CC#N. The number of hydrogen-bond acceptors (Lipinski definition) is 8. The highest BCUT2D eigenvalue weighted by molar-refractivity contribution is 6.31. The Hall–Kier alpha value is -3.19. The summed E-state index contributed by atoms with van der Waals surface area (Å²) in [4.78, 5) is 30.9. The van der Waals surface area contributed by atoms with Gasteiger partial charge in [0.15, 0.2) is 0 Å². The molecule has 9 nitrogen and oxygen atoms in total. The number of fused-ring (bicyclic) bond motifs is 1. The van der Waals surface area contributed by atoms with Crippen molar-refractivity contribution in [3.63, 3.8) is 0 Å². The lowest BCUT2D eigenvalue weighted by Gasteiger charge is -2.41. The molecule has 0 N–H and O–H groups in total. The molecule has 0 bridgehead atoms. The van der Waals surface area contributed by atoms with Crippen LogP contribution < -0.4 is 9.64 Å². The van der Waals surface area contributed by atoms with Gasteiger partial charge in [0, 0.05) is 55.4 Å². The predicted octanol–water partition coefficient (Wildman–Crippen LogP) is 3.80. The maximum atomic E-state index is 12.5. The first-order chi connectivity index (χ1) is 18.9. The van der Waals surface area contributed by atoms with Crippen LogP contribution in [0.5, 0.6) is 6.01 Å². The number of halogens is 1. The number of nitrogens with zero attached hydrogens (tertiary/aromatic N) is 7. The third kappa shape index (κ3) is 5.74. The Kier molecular flexibility index (Phi) is 8.36. The molecule has 3 atom stereocenters. The summed E-state index contributed by atoms with van der Waals surface area (Å²) in [6.45, 7) is 10.4. The highest BCUT2D eigenvalue weighted by Crippen LogP contribution is 2.38. The van der Waals surface area contributed by atoms with Gasteiger partial charge in [0.1, 0.15) is 12.4 Å². The van der Waals surface area contributed by atoms with Crippen LogP contribution in [0.25, 0.3) is 0 Å². The number of carbonyl (C=O) groups is 1. The zero-order chi connectivity index (χ0) is 27.5. The summed E-state index contributed by atoms with van der Waals surface area (Å²) in [7, 11) is 2.13. The lowest BCUT2D eigenvalue weighted by Crippen LogP contribution is -2.55. The molecule has 3 aliphatic heterocycles. The summed E-state index contributed by atoms with van der Waals surface area (Å²) in [5.41, 5.74) is 3.10. The largest absolute Gasteiger partial charge is 0.462 e. The number of piperazine rings is 1. The van der Waals surface area contributed by atoms with E-state index < -0.39 is 0 Å². The van der Waals surface area contributed by atoms with Gasteiger partial charge in [0.05, 0.1) is 24.2 Å². The number of carbonyl (C=O) groups excluding carboxylic acids is 1. The van der Waals surface area contributed by atoms with Crippen molar-refractivity contribution >= 4 is 23.3 Å². The average molecular weight is 550 g/mol. The number of ether oxygens (including phenoxy) is 1. The second-order valence-electron chi connectivity index (χ2n) is 10.6. The van der Waals surface area contributed by atoms with Crippen LogP contribution in [0.1, 0.15) is 49.0 Å². The van der Waals surface area contributed by atoms with Crippen molar-refractivity contribution in [3.05, 3.63) is 58.8 Å². The molecule has 0 radical (unpaired) electrons. The first-order valence-corrected chi connectivity index (χ1v) is 14.0. The number of anilines is 1. The zero-order valence-electron chi connectivity index (χ0n) is 22.7. The summed E-state index contributed by atoms with van der Waals surface area (Å²) in [6, 6.07) is 10.8. The van der Waals surface area contributed by atoms with Crippen LogP contribution >= 0.6 is 11.6 Å². The van der Waals surface area contributed by atoms with Crippen molar-refractivity contribution in [1.29, 1.82) is 5.26 Å². The Morgan fingerprint density at radius 1 is 1.26 bits per heavy atom. The van der Waals surface area contributed by atoms with Crippen LogP contribution in [0, 0.1) is 11.3 Å². The Bertz CT molecular complexity index is 1260. The fourth-order valence-corrected chi connectivity index (χ4v) is 6.24. The van der Waals surface area contributed by atoms with Crippen LogP contribution in [0.15, 0.2) is 36.9 Å². The Labute approximate surface area is 235 Å². The van der Waals surface area contributed by atoms with Gasteiger partial charge in [-0.25, -0.2) is 0 Å². The number of likely N-dealkylation sites (tertiary alicyclic amines) is 1. The number of aromatic nitrogens is 2. The van der Waals surface area contributed by atoms with E-state index in [4.69, 9.17) is 26.3 Å². The fraction of sp³-hybridized carbons (Fsp3) is 0.517. The molecule has 4 heterocycles. The van der Waals surface area contributed by atoms with Gasteiger partial charge >= 0.3 is 6.01 Å². The van der Waals surface area contributed by atoms with E-state index in [9.17, 15) is 10.1 Å². The standard InChI is InChI=1S/C29H36ClN7O2/c1-4-27(38)37-15-14-35(16-21(37)11-12-31)28-24-17-36(20(2)23-9-5-6-10-25(23)30)18-26(24)32-29(33-28)39-19-22-8-7-13-34(22)3/h4-6,9-10,20-22H,1,7-8,11,13-19H2,2-3H3/t20?,21-,22-/m0/s1. The lowest BCUT2D eigenvalue weighted by molar-refractivity contribution is -0.128. The normalized spacial score (nSPS) is 22.4. The molecule has 2 fully saturated rings. The monoisotopic (exact) mass is 549 g/mol. The number of likely N-dealkylation sites (N-methyl/N-ethyl adjacent to an activating group) is 1. The molecule has 2 aromatic rings. The highest BCUT2D eigenvalue weighted by Gasteiger charge is 2.35. The smallest absolute Gasteiger partial charge is 0.318 e. The summed E-state index contributed by atoms with van der Waals surface area (Å²) in [5.74, 6) is 0.685. The van der Waals surface area contributed by atoms with E-state index >= 15 is 0 Å². The molecular formula is C29H36ClN7O2. The third-order valence-corrected chi connectivity index (χ3v) is 8.65. The first kappa shape index (κ1) is 27.4. The maximum Gasteiger partial charge on any atom is 0.318 e. The molecule has 1 unspecified atom stereocenters. The van der Waals surface area contributed by atoms with E-state index in [1.165, 1.54) is 12.5 Å². The molecule has 206 valence electrons. The van der Waals surface area contributed by atoms with E-state index in [0.29, 0.717) is 51.4 Å². The number of hydrogen-bond donors (Lipinski definition) is 0. The number of nitriles is 1. The topological polar surface area (TPSA) is 88.8 Å². The minimum absolute atomic E-state index is 0.0886. The van der Waals surface area contributed by atoms with Crippen molar-refractivity contribution in [1.82, 2.24) is 24.7 Å². The molecule has 1 amide bonds. The van der Waals surface area contributed by atoms with Gasteiger partial charge in [-0.15, -0.1) is 0 Å². The van der Waals surface area contributed by atoms with Crippen LogP contribution in [-0.2, 0) is 17.9 Å². The van der Waals surface area contributed by atoms with Crippen molar-refractivity contribution in [2.45, 2.75) is 57.4 Å². The number of rotatable bonds is 8. The summed E-state index contributed by atoms with van der Waals surface area (Å²) in [6.07, 6.45) is 3.84. The minimum Gasteiger partial charge on any atom is -0.462 e. The Balaban J connectivity index is 1.43. The molecule has 2 saturated heterocycles. The molecule has 1 aromatic heterocycles. The van der Waals surface area contributed by atoms with Crippen LogP contribution in [0.2, 0.25) is 5.02 Å².